The molecule has 1 aromatic carbocycles. The van der Waals surface area contributed by atoms with Gasteiger partial charge in [0.15, 0.2) is 5.78 Å². The largest absolute Gasteiger partial charge is 0.444 e. The third-order valence-corrected chi connectivity index (χ3v) is 2.31. The molecule has 0 aliphatic carbocycles. The summed E-state index contributed by atoms with van der Waals surface area (Å²) in [5.74, 6) is -0.0449. The molecule has 4 nitrogen and oxygen atoms in total. The average Bonchev–Trinajstić information content (AvgIpc) is 2.24. The van der Waals surface area contributed by atoms with Gasteiger partial charge < -0.3 is 10.1 Å². The predicted octanol–water partition coefficient (Wildman–Crippen LogP) is 2.63. The summed E-state index contributed by atoms with van der Waals surface area (Å²) in [4.78, 5) is 23.1. The second kappa shape index (κ2) is 6.36. The molecular formula is C15H21NO3. The molecule has 1 rings (SSSR count). The number of Topliss-reactive ketones (excluding diaryl/α,β-unsaturated/α-hetero) is 1. The van der Waals surface area contributed by atoms with Crippen molar-refractivity contribution in [2.75, 3.05) is 6.54 Å². The number of carbonyl (C=O) groups excluding carboxylic acids is 2. The van der Waals surface area contributed by atoms with Crippen LogP contribution in [0.1, 0.15) is 31.9 Å². The molecule has 0 aliphatic heterocycles. The maximum atomic E-state index is 11.7. The fourth-order valence-corrected chi connectivity index (χ4v) is 1.60. The van der Waals surface area contributed by atoms with Gasteiger partial charge in [0.1, 0.15) is 5.60 Å². The monoisotopic (exact) mass is 263 g/mol. The van der Waals surface area contributed by atoms with Crippen LogP contribution in [0.4, 0.5) is 4.79 Å². The number of alkyl carbamates (subject to hydrolysis) is 1. The minimum absolute atomic E-state index is 0.0111. The van der Waals surface area contributed by atoms with E-state index in [2.05, 4.69) is 5.32 Å². The number of amides is 1. The van der Waals surface area contributed by atoms with E-state index in [-0.39, 0.29) is 12.3 Å². The van der Waals surface area contributed by atoms with E-state index < -0.39 is 11.7 Å². The smallest absolute Gasteiger partial charge is 0.408 e. The van der Waals surface area contributed by atoms with Crippen molar-refractivity contribution in [3.8, 4) is 0 Å². The number of rotatable bonds is 4. The van der Waals surface area contributed by atoms with Gasteiger partial charge in [0, 0.05) is 6.42 Å². The predicted molar refractivity (Wildman–Crippen MR) is 74.1 cm³/mol. The lowest BCUT2D eigenvalue weighted by atomic mass is 10.1. The summed E-state index contributed by atoms with van der Waals surface area (Å²) in [6, 6.07) is 7.76. The maximum Gasteiger partial charge on any atom is 0.408 e. The molecule has 0 aromatic heterocycles. The topological polar surface area (TPSA) is 55.4 Å². The summed E-state index contributed by atoms with van der Waals surface area (Å²) in [6.45, 7) is 7.30. The summed E-state index contributed by atoms with van der Waals surface area (Å²) in [5.41, 5.74) is 1.52. The van der Waals surface area contributed by atoms with Gasteiger partial charge in [0.25, 0.3) is 0 Å². The number of carbonyl (C=O) groups is 2. The van der Waals surface area contributed by atoms with Crippen LogP contribution in [0.25, 0.3) is 0 Å². The van der Waals surface area contributed by atoms with E-state index in [1.54, 1.807) is 20.8 Å². The summed E-state index contributed by atoms with van der Waals surface area (Å²) < 4.78 is 5.06. The van der Waals surface area contributed by atoms with Gasteiger partial charge in [-0.25, -0.2) is 4.79 Å². The van der Waals surface area contributed by atoms with E-state index in [0.29, 0.717) is 6.42 Å². The molecule has 0 unspecified atom stereocenters. The van der Waals surface area contributed by atoms with Crippen LogP contribution in [0.3, 0.4) is 0 Å². The molecule has 1 N–H and O–H groups in total. The van der Waals surface area contributed by atoms with E-state index in [4.69, 9.17) is 4.74 Å². The molecular weight excluding hydrogens is 242 g/mol. The van der Waals surface area contributed by atoms with Crippen molar-refractivity contribution in [1.29, 1.82) is 0 Å². The van der Waals surface area contributed by atoms with E-state index >= 15 is 0 Å². The zero-order valence-electron chi connectivity index (χ0n) is 11.9. The highest BCUT2D eigenvalue weighted by Crippen LogP contribution is 2.07. The van der Waals surface area contributed by atoms with Crippen LogP contribution in [-0.4, -0.2) is 24.0 Å². The first-order valence-electron chi connectivity index (χ1n) is 6.30. The zero-order valence-corrected chi connectivity index (χ0v) is 11.9. The first-order valence-corrected chi connectivity index (χ1v) is 6.30. The molecule has 0 atom stereocenters. The highest BCUT2D eigenvalue weighted by molar-refractivity contribution is 5.85. The minimum Gasteiger partial charge on any atom is -0.444 e. The maximum absolute atomic E-state index is 11.7. The van der Waals surface area contributed by atoms with Crippen LogP contribution in [0, 0.1) is 6.92 Å². The number of ketones is 1. The van der Waals surface area contributed by atoms with E-state index in [1.165, 1.54) is 0 Å². The number of aryl methyl sites for hydroxylation is 1. The van der Waals surface area contributed by atoms with Crippen molar-refractivity contribution in [3.05, 3.63) is 35.4 Å². The van der Waals surface area contributed by atoms with Crippen LogP contribution >= 0.6 is 0 Å². The molecule has 0 aliphatic rings. The summed E-state index contributed by atoms with van der Waals surface area (Å²) in [5, 5.41) is 2.46. The fraction of sp³-hybridized carbons (Fsp3) is 0.467. The highest BCUT2D eigenvalue weighted by Gasteiger charge is 2.16. The quantitative estimate of drug-likeness (QED) is 0.908. The molecule has 1 amide bonds. The van der Waals surface area contributed by atoms with E-state index in [1.807, 2.05) is 31.2 Å². The van der Waals surface area contributed by atoms with Crippen LogP contribution in [0.15, 0.2) is 24.3 Å². The second-order valence-electron chi connectivity index (χ2n) is 5.56. The summed E-state index contributed by atoms with van der Waals surface area (Å²) in [7, 11) is 0. The Morgan fingerprint density at radius 2 is 1.95 bits per heavy atom. The molecule has 4 heteroatoms. The standard InChI is InChI=1S/C15H21NO3/c1-11-6-5-7-12(8-11)9-13(17)10-16-14(18)19-15(2,3)4/h5-8H,9-10H2,1-4H3,(H,16,18). The Morgan fingerprint density at radius 1 is 1.26 bits per heavy atom. The van der Waals surface area contributed by atoms with Gasteiger partial charge in [-0.15, -0.1) is 0 Å². The van der Waals surface area contributed by atoms with Crippen molar-refractivity contribution in [1.82, 2.24) is 5.32 Å². The number of nitrogens with one attached hydrogen (secondary N) is 1. The SMILES string of the molecule is Cc1cccc(CC(=O)CNC(=O)OC(C)(C)C)c1. The second-order valence-corrected chi connectivity index (χ2v) is 5.56. The number of benzene rings is 1. The Morgan fingerprint density at radius 3 is 2.53 bits per heavy atom. The number of hydrogen-bond acceptors (Lipinski definition) is 3. The van der Waals surface area contributed by atoms with Gasteiger partial charge in [0.2, 0.25) is 0 Å². The molecule has 0 spiro atoms. The van der Waals surface area contributed by atoms with Crippen LogP contribution in [0.2, 0.25) is 0 Å². The summed E-state index contributed by atoms with van der Waals surface area (Å²) >= 11 is 0. The lowest BCUT2D eigenvalue weighted by Crippen LogP contribution is -2.35. The molecule has 0 heterocycles. The lowest BCUT2D eigenvalue weighted by Gasteiger charge is -2.19. The molecule has 0 fully saturated rings. The highest BCUT2D eigenvalue weighted by atomic mass is 16.6. The van der Waals surface area contributed by atoms with Gasteiger partial charge in [-0.2, -0.15) is 0 Å². The molecule has 19 heavy (non-hydrogen) atoms. The van der Waals surface area contributed by atoms with Gasteiger partial charge >= 0.3 is 6.09 Å². The molecule has 1 aromatic rings. The van der Waals surface area contributed by atoms with Crippen molar-refractivity contribution >= 4 is 11.9 Å². The molecule has 0 radical (unpaired) electrons. The lowest BCUT2D eigenvalue weighted by molar-refractivity contribution is -0.117. The zero-order chi connectivity index (χ0) is 14.5. The fourth-order valence-electron chi connectivity index (χ4n) is 1.60. The van der Waals surface area contributed by atoms with Gasteiger partial charge in [-0.3, -0.25) is 4.79 Å². The number of hydrogen-bond donors (Lipinski definition) is 1. The Kier molecular flexibility index (Phi) is 5.10. The average molecular weight is 263 g/mol. The van der Waals surface area contributed by atoms with E-state index in [9.17, 15) is 9.59 Å². The van der Waals surface area contributed by atoms with Gasteiger partial charge in [-0.1, -0.05) is 29.8 Å². The van der Waals surface area contributed by atoms with Crippen molar-refractivity contribution in [2.24, 2.45) is 0 Å². The van der Waals surface area contributed by atoms with E-state index in [0.717, 1.165) is 11.1 Å². The molecule has 0 bridgehead atoms. The Bertz CT molecular complexity index is 461. The van der Waals surface area contributed by atoms with Crippen LogP contribution in [-0.2, 0) is 16.0 Å². The van der Waals surface area contributed by atoms with Gasteiger partial charge in [0.05, 0.1) is 6.54 Å². The van der Waals surface area contributed by atoms with Crippen LogP contribution < -0.4 is 5.32 Å². The third-order valence-electron chi connectivity index (χ3n) is 2.31. The Labute approximate surface area is 114 Å². The molecule has 0 saturated carbocycles. The van der Waals surface area contributed by atoms with Crippen molar-refractivity contribution in [3.63, 3.8) is 0 Å². The third kappa shape index (κ3) is 6.60. The van der Waals surface area contributed by atoms with Crippen molar-refractivity contribution < 1.29 is 14.3 Å². The Hall–Kier alpha value is -1.84. The normalized spacial score (nSPS) is 10.9. The van der Waals surface area contributed by atoms with Gasteiger partial charge in [-0.05, 0) is 33.3 Å². The first kappa shape index (κ1) is 15.2. The Balaban J connectivity index is 2.38. The molecule has 104 valence electrons. The van der Waals surface area contributed by atoms with Crippen molar-refractivity contribution in [2.45, 2.75) is 39.7 Å². The summed E-state index contributed by atoms with van der Waals surface area (Å²) in [6.07, 6.45) is -0.248. The minimum atomic E-state index is -0.565. The molecule has 0 saturated heterocycles. The van der Waals surface area contributed by atoms with Crippen LogP contribution in [0.5, 0.6) is 0 Å². The first-order chi connectivity index (χ1) is 8.76. The number of ether oxygens (including phenoxy) is 1.